The summed E-state index contributed by atoms with van der Waals surface area (Å²) in [5.41, 5.74) is -0.130. The van der Waals surface area contributed by atoms with Gasteiger partial charge in [-0.15, -0.1) is 0 Å². The average molecular weight is 305 g/mol. The summed E-state index contributed by atoms with van der Waals surface area (Å²) in [7, 11) is 0. The van der Waals surface area contributed by atoms with Gasteiger partial charge in [-0.3, -0.25) is 4.79 Å². The fourth-order valence-electron chi connectivity index (χ4n) is 2.92. The van der Waals surface area contributed by atoms with E-state index >= 15 is 0 Å². The third-order valence-corrected chi connectivity index (χ3v) is 3.88. The first-order valence-corrected chi connectivity index (χ1v) is 7.47. The lowest BCUT2D eigenvalue weighted by Crippen LogP contribution is -2.39. The summed E-state index contributed by atoms with van der Waals surface area (Å²) in [6.07, 6.45) is 0.259. The van der Waals surface area contributed by atoms with Crippen molar-refractivity contribution in [2.24, 2.45) is 0 Å². The first kappa shape index (κ1) is 16.3. The SMILES string of the molecule is CC(C)(C)OC(=O)N1CCC(CC(=O)O)(c2ccccc2)C1. The number of aliphatic carboxylic acids is 1. The Hall–Kier alpha value is -2.04. The standard InChI is InChI=1S/C17H23NO4/c1-16(2,3)22-15(21)18-10-9-17(12-18,11-14(19)20)13-7-5-4-6-8-13/h4-8H,9-12H2,1-3H3,(H,19,20). The Kier molecular flexibility index (Phi) is 4.44. The molecule has 1 fully saturated rings. The van der Waals surface area contributed by atoms with E-state index in [2.05, 4.69) is 0 Å². The molecule has 0 bridgehead atoms. The number of likely N-dealkylation sites (tertiary alicyclic amines) is 1. The second kappa shape index (κ2) is 5.99. The predicted molar refractivity (Wildman–Crippen MR) is 82.8 cm³/mol. The number of nitrogens with zero attached hydrogens (tertiary/aromatic N) is 1. The molecular formula is C17H23NO4. The molecule has 0 aliphatic carbocycles. The van der Waals surface area contributed by atoms with E-state index < -0.39 is 17.0 Å². The lowest BCUT2D eigenvalue weighted by molar-refractivity contribution is -0.138. The molecule has 0 spiro atoms. The molecule has 1 saturated heterocycles. The van der Waals surface area contributed by atoms with E-state index in [0.717, 1.165) is 5.56 Å². The van der Waals surface area contributed by atoms with E-state index in [1.807, 2.05) is 51.1 Å². The van der Waals surface area contributed by atoms with Crippen molar-refractivity contribution in [1.82, 2.24) is 4.90 Å². The number of hydrogen-bond donors (Lipinski definition) is 1. The maximum Gasteiger partial charge on any atom is 0.410 e. The van der Waals surface area contributed by atoms with Crippen LogP contribution in [-0.4, -0.2) is 40.8 Å². The van der Waals surface area contributed by atoms with Crippen LogP contribution in [0.2, 0.25) is 0 Å². The molecule has 1 aliphatic rings. The summed E-state index contributed by atoms with van der Waals surface area (Å²) >= 11 is 0. The maximum atomic E-state index is 12.2. The van der Waals surface area contributed by atoms with E-state index in [-0.39, 0.29) is 12.5 Å². The van der Waals surface area contributed by atoms with Crippen LogP contribution >= 0.6 is 0 Å². The van der Waals surface area contributed by atoms with Crippen LogP contribution in [0.25, 0.3) is 0 Å². The number of ether oxygens (including phenoxy) is 1. The molecule has 1 aromatic rings. The van der Waals surface area contributed by atoms with Gasteiger partial charge in [-0.1, -0.05) is 30.3 Å². The van der Waals surface area contributed by atoms with Crippen LogP contribution in [0.3, 0.4) is 0 Å². The van der Waals surface area contributed by atoms with Crippen molar-refractivity contribution >= 4 is 12.1 Å². The maximum absolute atomic E-state index is 12.2. The fourth-order valence-corrected chi connectivity index (χ4v) is 2.92. The number of carbonyl (C=O) groups is 2. The zero-order valence-corrected chi connectivity index (χ0v) is 13.3. The number of amides is 1. The van der Waals surface area contributed by atoms with Crippen molar-refractivity contribution in [2.45, 2.75) is 44.6 Å². The number of hydrogen-bond acceptors (Lipinski definition) is 3. The third-order valence-electron chi connectivity index (χ3n) is 3.88. The Morgan fingerprint density at radius 1 is 1.27 bits per heavy atom. The van der Waals surface area contributed by atoms with E-state index in [9.17, 15) is 14.7 Å². The molecule has 1 N–H and O–H groups in total. The molecule has 1 unspecified atom stereocenters. The van der Waals surface area contributed by atoms with Crippen molar-refractivity contribution in [2.75, 3.05) is 13.1 Å². The molecule has 1 amide bonds. The number of carboxylic acids is 1. The largest absolute Gasteiger partial charge is 0.481 e. The second-order valence-electron chi connectivity index (χ2n) is 6.87. The zero-order chi connectivity index (χ0) is 16.4. The molecule has 0 saturated carbocycles. The van der Waals surface area contributed by atoms with Gasteiger partial charge < -0.3 is 14.7 Å². The Morgan fingerprint density at radius 3 is 2.45 bits per heavy atom. The van der Waals surface area contributed by atoms with Gasteiger partial charge in [0, 0.05) is 18.5 Å². The highest BCUT2D eigenvalue weighted by Crippen LogP contribution is 2.38. The molecule has 0 aromatic heterocycles. The van der Waals surface area contributed by atoms with Gasteiger partial charge in [0.2, 0.25) is 0 Å². The Bertz CT molecular complexity index is 550. The van der Waals surface area contributed by atoms with Crippen LogP contribution < -0.4 is 0 Å². The first-order valence-electron chi connectivity index (χ1n) is 7.47. The fraction of sp³-hybridized carbons (Fsp3) is 0.529. The van der Waals surface area contributed by atoms with E-state index in [4.69, 9.17) is 4.74 Å². The van der Waals surface area contributed by atoms with Crippen molar-refractivity contribution < 1.29 is 19.4 Å². The Morgan fingerprint density at radius 2 is 1.91 bits per heavy atom. The highest BCUT2D eigenvalue weighted by atomic mass is 16.6. The smallest absolute Gasteiger partial charge is 0.410 e. The molecule has 5 nitrogen and oxygen atoms in total. The molecule has 1 aromatic carbocycles. The summed E-state index contributed by atoms with van der Waals surface area (Å²) in [5, 5.41) is 9.28. The van der Waals surface area contributed by atoms with Gasteiger partial charge in [0.05, 0.1) is 6.42 Å². The summed E-state index contributed by atoms with van der Waals surface area (Å²) in [4.78, 5) is 25.1. The zero-order valence-electron chi connectivity index (χ0n) is 13.3. The highest BCUT2D eigenvalue weighted by molar-refractivity contribution is 5.72. The van der Waals surface area contributed by atoms with E-state index in [1.165, 1.54) is 0 Å². The predicted octanol–water partition coefficient (Wildman–Crippen LogP) is 3.04. The van der Waals surface area contributed by atoms with Gasteiger partial charge in [-0.2, -0.15) is 0 Å². The van der Waals surface area contributed by atoms with Crippen molar-refractivity contribution in [3.63, 3.8) is 0 Å². The summed E-state index contributed by atoms with van der Waals surface area (Å²) in [6, 6.07) is 9.56. The lowest BCUT2D eigenvalue weighted by Gasteiger charge is -2.29. The summed E-state index contributed by atoms with van der Waals surface area (Å²) < 4.78 is 5.40. The molecular weight excluding hydrogens is 282 g/mol. The number of benzene rings is 1. The molecule has 2 rings (SSSR count). The van der Waals surface area contributed by atoms with Crippen LogP contribution in [0.1, 0.15) is 39.2 Å². The minimum absolute atomic E-state index is 0.0102. The van der Waals surface area contributed by atoms with Crippen LogP contribution in [-0.2, 0) is 14.9 Å². The van der Waals surface area contributed by atoms with Crippen LogP contribution in [0.5, 0.6) is 0 Å². The molecule has 0 radical (unpaired) electrons. The topological polar surface area (TPSA) is 66.8 Å². The van der Waals surface area contributed by atoms with Crippen LogP contribution in [0, 0.1) is 0 Å². The minimum Gasteiger partial charge on any atom is -0.481 e. The summed E-state index contributed by atoms with van der Waals surface area (Å²) in [6.45, 7) is 6.35. The van der Waals surface area contributed by atoms with Gasteiger partial charge in [-0.25, -0.2) is 4.79 Å². The molecule has 5 heteroatoms. The second-order valence-corrected chi connectivity index (χ2v) is 6.87. The van der Waals surface area contributed by atoms with E-state index in [0.29, 0.717) is 19.5 Å². The quantitative estimate of drug-likeness (QED) is 0.932. The lowest BCUT2D eigenvalue weighted by atomic mass is 9.77. The minimum atomic E-state index is -0.852. The van der Waals surface area contributed by atoms with Gasteiger partial charge in [0.1, 0.15) is 5.60 Å². The number of rotatable bonds is 3. The van der Waals surface area contributed by atoms with Crippen molar-refractivity contribution in [3.8, 4) is 0 Å². The van der Waals surface area contributed by atoms with Crippen molar-refractivity contribution in [1.29, 1.82) is 0 Å². The first-order chi connectivity index (χ1) is 10.2. The van der Waals surface area contributed by atoms with Gasteiger partial charge in [-0.05, 0) is 32.8 Å². The average Bonchev–Trinajstić information content (AvgIpc) is 2.82. The monoisotopic (exact) mass is 305 g/mol. The number of carbonyl (C=O) groups excluding carboxylic acids is 1. The van der Waals surface area contributed by atoms with Crippen molar-refractivity contribution in [3.05, 3.63) is 35.9 Å². The summed E-state index contributed by atoms with van der Waals surface area (Å²) in [5.74, 6) is -0.852. The molecule has 1 aliphatic heterocycles. The molecule has 22 heavy (non-hydrogen) atoms. The van der Waals surface area contributed by atoms with Gasteiger partial charge in [0.25, 0.3) is 0 Å². The van der Waals surface area contributed by atoms with Crippen LogP contribution in [0.15, 0.2) is 30.3 Å². The molecule has 1 heterocycles. The molecule has 120 valence electrons. The van der Waals surface area contributed by atoms with E-state index in [1.54, 1.807) is 4.90 Å². The van der Waals surface area contributed by atoms with Gasteiger partial charge in [0.15, 0.2) is 0 Å². The highest BCUT2D eigenvalue weighted by Gasteiger charge is 2.43. The normalized spacial score (nSPS) is 21.7. The molecule has 1 atom stereocenters. The van der Waals surface area contributed by atoms with Gasteiger partial charge >= 0.3 is 12.1 Å². The number of carboxylic acid groups (broad SMARTS) is 1. The third kappa shape index (κ3) is 3.78. The van der Waals surface area contributed by atoms with Crippen LogP contribution in [0.4, 0.5) is 4.79 Å². The Labute approximate surface area is 130 Å². The Balaban J connectivity index is 2.20.